The van der Waals surface area contributed by atoms with Gasteiger partial charge in [-0.1, -0.05) is 241 Å². The summed E-state index contributed by atoms with van der Waals surface area (Å²) in [6.07, 6.45) is 0. The fourth-order valence-electron chi connectivity index (χ4n) is 12.2. The van der Waals surface area contributed by atoms with E-state index >= 15 is 0 Å². The summed E-state index contributed by atoms with van der Waals surface area (Å²) < 4.78 is 114. The molecule has 2 heteroatoms. The van der Waals surface area contributed by atoms with Crippen LogP contribution in [0.4, 0.5) is 22.7 Å². The van der Waals surface area contributed by atoms with Gasteiger partial charge in [0.1, 0.15) is 0 Å². The van der Waals surface area contributed by atoms with Gasteiger partial charge in [-0.15, -0.1) is 0 Å². The van der Waals surface area contributed by atoms with Crippen molar-refractivity contribution in [2.75, 3.05) is 9.80 Å². The van der Waals surface area contributed by atoms with Gasteiger partial charge in [-0.05, 0) is 166 Å². The Morgan fingerprint density at radius 3 is 1.08 bits per heavy atom. The molecule has 1 atom stereocenters. The van der Waals surface area contributed by atoms with Crippen LogP contribution in [0.15, 0.2) is 170 Å². The lowest BCUT2D eigenvalue weighted by atomic mass is 9.78. The molecular formula is C74H86N2. The minimum absolute atomic E-state index is 0.138. The second-order valence-electron chi connectivity index (χ2n) is 24.3. The lowest BCUT2D eigenvalue weighted by Crippen LogP contribution is -2.40. The van der Waals surface area contributed by atoms with Gasteiger partial charge in [-0.2, -0.15) is 0 Å². The highest BCUT2D eigenvalue weighted by Gasteiger charge is 2.44. The minimum atomic E-state index is -3.29. The maximum atomic E-state index is 9.42. The number of fused-ring (bicyclic) bond motifs is 6. The summed E-state index contributed by atoms with van der Waals surface area (Å²) in [4.78, 5) is 4.24. The van der Waals surface area contributed by atoms with Crippen molar-refractivity contribution in [3.8, 4) is 44.5 Å². The molecule has 0 N–H and O–H groups in total. The van der Waals surface area contributed by atoms with Crippen molar-refractivity contribution in [2.45, 2.75) is 170 Å². The van der Waals surface area contributed by atoms with Gasteiger partial charge < -0.3 is 9.80 Å². The van der Waals surface area contributed by atoms with Crippen LogP contribution >= 0.6 is 0 Å². The third kappa shape index (κ3) is 9.65. The lowest BCUT2D eigenvalue weighted by molar-refractivity contribution is 0.547. The fraction of sp³-hybridized carbons (Fsp3) is 0.351. The van der Waals surface area contributed by atoms with Crippen molar-refractivity contribution in [1.82, 2.24) is 0 Å². The molecule has 2 nitrogen and oxygen atoms in total. The Balaban J connectivity index is 0.000000216. The summed E-state index contributed by atoms with van der Waals surface area (Å²) >= 11 is 0. The third-order valence-electron chi connectivity index (χ3n) is 15.6. The summed E-state index contributed by atoms with van der Waals surface area (Å²) in [5.74, 6) is -6.86. The second kappa shape index (κ2) is 20.4. The number of anilines is 4. The molecule has 0 bridgehead atoms. The molecular weight excluding hydrogens is 917 g/mol. The first-order chi connectivity index (χ1) is 40.8. The summed E-state index contributed by atoms with van der Waals surface area (Å²) in [6, 6.07) is 55.6. The molecule has 76 heavy (non-hydrogen) atoms. The SMILES string of the molecule is [2H]C(C)(C)c1ccc(-c2ccccc2)cc1N(c1c(C([2H])(C)C)ccc2c1C(C)(C)c1ccccc1-2)C(C)(C)C.[2H]C([2H])([2H])C([2H])(C)c1ccc2c(c1N(c1cc(-c3ccccc3)ccc1C([2H])(C([2H])([2H])[2H])C([2H])([2H])[2H])C(C)(C)C)C(C)(C)c1ccccc1-2. The van der Waals surface area contributed by atoms with Crippen LogP contribution in [0.3, 0.4) is 0 Å². The molecule has 2 aliphatic carbocycles. The van der Waals surface area contributed by atoms with E-state index in [0.717, 1.165) is 61.4 Å². The van der Waals surface area contributed by atoms with E-state index in [9.17, 15) is 5.48 Å². The standard InChI is InChI=1S/2C37H43N/c2*1-24(2)28-20-19-27(26-15-11-10-12-16-26)23-33(28)38(36(5,6)7)35-29(25(3)4)21-22-31-30-17-13-14-18-32(30)37(8,9)34(31)35/h2*10-25H,1-9H3/i1D3,2D3,3D3,24D,25D;24D,25D. The number of benzene rings is 8. The molecule has 1 unspecified atom stereocenters. The second-order valence-corrected chi connectivity index (χ2v) is 24.3. The van der Waals surface area contributed by atoms with Gasteiger partial charge in [0.2, 0.25) is 0 Å². The quantitative estimate of drug-likeness (QED) is 0.135. The summed E-state index contributed by atoms with van der Waals surface area (Å²) in [5.41, 5.74) is 14.6. The van der Waals surface area contributed by atoms with E-state index in [-0.39, 0.29) is 27.8 Å². The van der Waals surface area contributed by atoms with E-state index in [1.54, 1.807) is 23.1 Å². The molecule has 10 rings (SSSR count). The first-order valence-corrected chi connectivity index (χ1v) is 26.9. The van der Waals surface area contributed by atoms with Crippen molar-refractivity contribution in [3.05, 3.63) is 214 Å². The predicted molar refractivity (Wildman–Crippen MR) is 332 cm³/mol. The summed E-state index contributed by atoms with van der Waals surface area (Å²) in [5, 5.41) is 0. The van der Waals surface area contributed by atoms with E-state index in [4.69, 9.17) is 12.3 Å². The van der Waals surface area contributed by atoms with Crippen molar-refractivity contribution < 1.29 is 17.8 Å². The third-order valence-corrected chi connectivity index (χ3v) is 15.6. The highest BCUT2D eigenvalue weighted by atomic mass is 15.2. The summed E-state index contributed by atoms with van der Waals surface area (Å²) in [6.45, 7) is 21.0. The fourth-order valence-corrected chi connectivity index (χ4v) is 12.2. The van der Waals surface area contributed by atoms with E-state index in [1.807, 2.05) is 129 Å². The van der Waals surface area contributed by atoms with Gasteiger partial charge >= 0.3 is 0 Å². The minimum Gasteiger partial charge on any atom is -0.335 e. The van der Waals surface area contributed by atoms with Gasteiger partial charge in [0, 0.05) is 62.5 Å². The van der Waals surface area contributed by atoms with Gasteiger partial charge in [0.15, 0.2) is 0 Å². The zero-order valence-electron chi connectivity index (χ0n) is 60.6. The molecule has 0 saturated carbocycles. The van der Waals surface area contributed by atoms with Crippen molar-refractivity contribution >= 4 is 22.7 Å². The summed E-state index contributed by atoms with van der Waals surface area (Å²) in [7, 11) is 0. The van der Waals surface area contributed by atoms with Crippen molar-refractivity contribution in [3.63, 3.8) is 0 Å². The smallest absolute Gasteiger partial charge is 0.0498 e. The normalized spacial score (nSPS) is 18.3. The van der Waals surface area contributed by atoms with Gasteiger partial charge in [0.25, 0.3) is 0 Å². The first-order valence-electron chi connectivity index (χ1n) is 33.4. The Bertz CT molecular complexity index is 3940. The predicted octanol–water partition coefficient (Wildman–Crippen LogP) is 21.7. The highest BCUT2D eigenvalue weighted by molar-refractivity contribution is 5.92. The maximum Gasteiger partial charge on any atom is 0.0498 e. The average molecular weight is 1020 g/mol. The lowest BCUT2D eigenvalue weighted by Gasteiger charge is -2.44. The van der Waals surface area contributed by atoms with E-state index < -0.39 is 55.1 Å². The molecule has 2 aliphatic rings. The number of hydrogen-bond acceptors (Lipinski definition) is 2. The zero-order valence-corrected chi connectivity index (χ0v) is 47.6. The van der Waals surface area contributed by atoms with Crippen molar-refractivity contribution in [2.24, 2.45) is 0 Å². The largest absolute Gasteiger partial charge is 0.335 e. The van der Waals surface area contributed by atoms with Gasteiger partial charge in [0.05, 0.1) is 0 Å². The van der Waals surface area contributed by atoms with E-state index in [0.29, 0.717) is 11.3 Å². The Labute approximate surface area is 477 Å². The zero-order chi connectivity index (χ0) is 66.0. The molecule has 0 fully saturated rings. The number of rotatable bonds is 10. The van der Waals surface area contributed by atoms with E-state index in [1.165, 1.54) is 35.2 Å². The first kappa shape index (κ1) is 39.7. The Kier molecular flexibility index (Phi) is 10.6. The van der Waals surface area contributed by atoms with Crippen LogP contribution in [-0.2, 0) is 10.8 Å². The molecule has 8 aromatic carbocycles. The Morgan fingerprint density at radius 1 is 0.368 bits per heavy atom. The van der Waals surface area contributed by atoms with Crippen LogP contribution in [-0.4, -0.2) is 11.1 Å². The maximum absolute atomic E-state index is 9.42. The molecule has 0 spiro atoms. The topological polar surface area (TPSA) is 6.48 Å². The molecule has 0 aliphatic heterocycles. The van der Waals surface area contributed by atoms with E-state index in [2.05, 4.69) is 118 Å². The van der Waals surface area contributed by atoms with Crippen LogP contribution in [0, 0.1) is 0 Å². The molecule has 0 radical (unpaired) electrons. The van der Waals surface area contributed by atoms with Crippen LogP contribution in [0.5, 0.6) is 0 Å². The van der Waals surface area contributed by atoms with Crippen LogP contribution in [0.2, 0.25) is 0 Å². The van der Waals surface area contributed by atoms with Crippen LogP contribution in [0.1, 0.15) is 210 Å². The van der Waals surface area contributed by atoms with Crippen LogP contribution < -0.4 is 9.80 Å². The molecule has 0 saturated heterocycles. The monoisotopic (exact) mass is 1020 g/mol. The average Bonchev–Trinajstić information content (AvgIpc) is 1.98. The van der Waals surface area contributed by atoms with Crippen molar-refractivity contribution in [1.29, 1.82) is 0 Å². The Morgan fingerprint density at radius 2 is 0.711 bits per heavy atom. The van der Waals surface area contributed by atoms with Crippen LogP contribution in [0.25, 0.3) is 44.5 Å². The number of hydrogen-bond donors (Lipinski definition) is 0. The molecule has 8 aromatic rings. The molecule has 0 aromatic heterocycles. The molecule has 0 heterocycles. The Hall–Kier alpha value is -6.64. The van der Waals surface area contributed by atoms with Gasteiger partial charge in [-0.3, -0.25) is 0 Å². The highest BCUT2D eigenvalue weighted by Crippen LogP contribution is 2.59. The van der Waals surface area contributed by atoms with Gasteiger partial charge in [-0.25, -0.2) is 0 Å². The molecule has 392 valence electrons. The number of nitrogens with zero attached hydrogens (tertiary/aromatic N) is 2. The molecule has 0 amide bonds.